The van der Waals surface area contributed by atoms with E-state index in [1.54, 1.807) is 0 Å². The van der Waals surface area contributed by atoms with Gasteiger partial charge in [0.2, 0.25) is 5.91 Å². The lowest BCUT2D eigenvalue weighted by Gasteiger charge is -2.22. The molecule has 0 aromatic heterocycles. The first-order valence-corrected chi connectivity index (χ1v) is 11.2. The second-order valence-electron chi connectivity index (χ2n) is 9.07. The van der Waals surface area contributed by atoms with Gasteiger partial charge in [0.05, 0.1) is 18.7 Å². The topological polar surface area (TPSA) is 77.1 Å². The lowest BCUT2D eigenvalue weighted by molar-refractivity contribution is -0.116. The number of hydrogen-bond acceptors (Lipinski definition) is 5. The molecule has 1 N–H and O–H groups in total. The molecule has 2 aromatic rings. The summed E-state index contributed by atoms with van der Waals surface area (Å²) < 4.78 is 18.3. The largest absolute Gasteiger partial charge is 0.490 e. The van der Waals surface area contributed by atoms with Gasteiger partial charge >= 0.3 is 0 Å². The molecule has 0 saturated carbocycles. The monoisotopic (exact) mass is 436 g/mol. The fourth-order valence-electron chi connectivity index (χ4n) is 4.70. The van der Waals surface area contributed by atoms with Crippen molar-refractivity contribution in [1.29, 1.82) is 0 Å². The number of anilines is 1. The summed E-state index contributed by atoms with van der Waals surface area (Å²) >= 11 is 0. The Morgan fingerprint density at radius 1 is 1.16 bits per heavy atom. The van der Waals surface area contributed by atoms with Crippen LogP contribution in [0.3, 0.4) is 0 Å². The van der Waals surface area contributed by atoms with Crippen molar-refractivity contribution in [2.45, 2.75) is 58.3 Å². The molecule has 0 spiro atoms. The predicted octanol–water partition coefficient (Wildman–Crippen LogP) is 3.72. The number of carbonyl (C=O) groups excluding carboxylic acids is 2. The van der Waals surface area contributed by atoms with Crippen molar-refractivity contribution >= 4 is 17.5 Å². The van der Waals surface area contributed by atoms with Gasteiger partial charge in [-0.1, -0.05) is 6.07 Å². The van der Waals surface area contributed by atoms with Gasteiger partial charge in [-0.25, -0.2) is 0 Å². The summed E-state index contributed by atoms with van der Waals surface area (Å²) in [7, 11) is 0. The van der Waals surface area contributed by atoms with Crippen molar-refractivity contribution < 1.29 is 23.8 Å². The van der Waals surface area contributed by atoms with Crippen molar-refractivity contribution in [3.63, 3.8) is 0 Å². The molecule has 2 aromatic carbocycles. The van der Waals surface area contributed by atoms with E-state index in [1.165, 1.54) is 0 Å². The van der Waals surface area contributed by atoms with Crippen LogP contribution in [0.4, 0.5) is 5.69 Å². The number of fused-ring (bicyclic) bond motifs is 3. The lowest BCUT2D eigenvalue weighted by atomic mass is 10.0. The van der Waals surface area contributed by atoms with E-state index in [-0.39, 0.29) is 30.1 Å². The standard InChI is InChI=1S/C25H28N2O5/c1-14(2)31-22-9-15(3)8-21-24(22)25(29)27-12-19(10-17(27)13-30-21)32-18-6-4-16-5-7-23(28)26-20(16)11-18/h4,6,8-9,11,14,17,19H,5,7,10,12-13H2,1-3H3,(H,26,28)/t17-,19-/m0/s1. The molecule has 2 atom stereocenters. The third kappa shape index (κ3) is 3.87. The predicted molar refractivity (Wildman–Crippen MR) is 120 cm³/mol. The highest BCUT2D eigenvalue weighted by Gasteiger charge is 2.41. The summed E-state index contributed by atoms with van der Waals surface area (Å²) in [6.45, 7) is 6.76. The zero-order valence-electron chi connectivity index (χ0n) is 18.6. The maximum Gasteiger partial charge on any atom is 0.261 e. The summed E-state index contributed by atoms with van der Waals surface area (Å²) in [6, 6.07) is 9.54. The summed E-state index contributed by atoms with van der Waals surface area (Å²) in [5, 5.41) is 2.91. The first kappa shape index (κ1) is 20.7. The van der Waals surface area contributed by atoms with E-state index in [0.717, 1.165) is 23.2 Å². The van der Waals surface area contributed by atoms with Gasteiger partial charge in [0.15, 0.2) is 0 Å². The molecule has 0 bridgehead atoms. The van der Waals surface area contributed by atoms with Crippen LogP contribution in [0.15, 0.2) is 30.3 Å². The molecule has 1 fully saturated rings. The number of aryl methyl sites for hydroxylation is 2. The van der Waals surface area contributed by atoms with E-state index in [4.69, 9.17) is 14.2 Å². The van der Waals surface area contributed by atoms with Crippen molar-refractivity contribution in [1.82, 2.24) is 4.90 Å². The van der Waals surface area contributed by atoms with Crippen LogP contribution in [0.2, 0.25) is 0 Å². The summed E-state index contributed by atoms with van der Waals surface area (Å²) in [5.41, 5.74) is 3.41. The molecule has 3 aliphatic heterocycles. The van der Waals surface area contributed by atoms with Gasteiger partial charge in [0, 0.05) is 24.6 Å². The molecule has 7 nitrogen and oxygen atoms in total. The molecular weight excluding hydrogens is 408 g/mol. The minimum atomic E-state index is -0.147. The first-order valence-electron chi connectivity index (χ1n) is 11.2. The average Bonchev–Trinajstić information content (AvgIpc) is 3.08. The van der Waals surface area contributed by atoms with Crippen LogP contribution >= 0.6 is 0 Å². The van der Waals surface area contributed by atoms with Crippen LogP contribution in [0.25, 0.3) is 0 Å². The van der Waals surface area contributed by atoms with Crippen LogP contribution in [0, 0.1) is 6.92 Å². The Kier molecular flexibility index (Phi) is 5.19. The smallest absolute Gasteiger partial charge is 0.261 e. The fraction of sp³-hybridized carbons (Fsp3) is 0.440. The van der Waals surface area contributed by atoms with Gasteiger partial charge < -0.3 is 24.4 Å². The molecular formula is C25H28N2O5. The third-order valence-corrected chi connectivity index (χ3v) is 6.13. The summed E-state index contributed by atoms with van der Waals surface area (Å²) in [4.78, 5) is 27.1. The van der Waals surface area contributed by atoms with Crippen LogP contribution in [-0.2, 0) is 11.2 Å². The van der Waals surface area contributed by atoms with Crippen molar-refractivity contribution in [2.75, 3.05) is 18.5 Å². The van der Waals surface area contributed by atoms with Gasteiger partial charge in [-0.15, -0.1) is 0 Å². The number of nitrogens with one attached hydrogen (secondary N) is 1. The quantitative estimate of drug-likeness (QED) is 0.791. The number of carbonyl (C=O) groups is 2. The summed E-state index contributed by atoms with van der Waals surface area (Å²) in [6.07, 6.45) is 1.74. The van der Waals surface area contributed by atoms with Crippen LogP contribution in [0.1, 0.15) is 48.2 Å². The van der Waals surface area contributed by atoms with Crippen LogP contribution in [-0.4, -0.2) is 48.1 Å². The van der Waals surface area contributed by atoms with Crippen LogP contribution in [0.5, 0.6) is 17.2 Å². The lowest BCUT2D eigenvalue weighted by Crippen LogP contribution is -2.37. The zero-order valence-corrected chi connectivity index (χ0v) is 18.6. The van der Waals surface area contributed by atoms with Gasteiger partial charge in [-0.05, 0) is 56.5 Å². The Morgan fingerprint density at radius 3 is 2.81 bits per heavy atom. The Morgan fingerprint density at radius 2 is 2.00 bits per heavy atom. The van der Waals surface area contributed by atoms with E-state index >= 15 is 0 Å². The highest BCUT2D eigenvalue weighted by Crippen LogP contribution is 2.38. The van der Waals surface area contributed by atoms with E-state index in [9.17, 15) is 9.59 Å². The zero-order chi connectivity index (χ0) is 22.4. The third-order valence-electron chi connectivity index (χ3n) is 6.13. The van der Waals surface area contributed by atoms with Crippen molar-refractivity contribution in [2.24, 2.45) is 0 Å². The van der Waals surface area contributed by atoms with Gasteiger partial charge in [0.25, 0.3) is 5.91 Å². The molecule has 3 aliphatic rings. The first-order chi connectivity index (χ1) is 15.4. The molecule has 32 heavy (non-hydrogen) atoms. The van der Waals surface area contributed by atoms with Crippen molar-refractivity contribution in [3.8, 4) is 17.2 Å². The fourth-order valence-corrected chi connectivity index (χ4v) is 4.70. The maximum absolute atomic E-state index is 13.5. The Labute approximate surface area is 187 Å². The highest BCUT2D eigenvalue weighted by atomic mass is 16.5. The van der Waals surface area contributed by atoms with Gasteiger partial charge in [0.1, 0.15) is 35.5 Å². The average molecular weight is 437 g/mol. The van der Waals surface area contributed by atoms with E-state index in [2.05, 4.69) is 5.32 Å². The molecule has 0 unspecified atom stereocenters. The van der Waals surface area contributed by atoms with E-state index < -0.39 is 0 Å². The highest BCUT2D eigenvalue weighted by molar-refractivity contribution is 6.00. The Hall–Kier alpha value is -3.22. The van der Waals surface area contributed by atoms with Gasteiger partial charge in [-0.3, -0.25) is 9.59 Å². The molecule has 0 radical (unpaired) electrons. The molecule has 5 rings (SSSR count). The minimum Gasteiger partial charge on any atom is -0.490 e. The van der Waals surface area contributed by atoms with Gasteiger partial charge in [-0.2, -0.15) is 0 Å². The number of hydrogen-bond donors (Lipinski definition) is 1. The molecule has 168 valence electrons. The Balaban J connectivity index is 1.36. The molecule has 7 heteroatoms. The second-order valence-corrected chi connectivity index (χ2v) is 9.07. The maximum atomic E-state index is 13.5. The van der Waals surface area contributed by atoms with Crippen molar-refractivity contribution in [3.05, 3.63) is 47.0 Å². The number of nitrogens with zero attached hydrogens (tertiary/aromatic N) is 1. The number of benzene rings is 2. The molecule has 2 amide bonds. The molecule has 3 heterocycles. The number of amides is 2. The molecule has 0 aliphatic carbocycles. The van der Waals surface area contributed by atoms with E-state index in [1.807, 2.05) is 56.0 Å². The summed E-state index contributed by atoms with van der Waals surface area (Å²) in [5.74, 6) is 1.79. The Bertz CT molecular complexity index is 1080. The van der Waals surface area contributed by atoms with E-state index in [0.29, 0.717) is 48.8 Å². The van der Waals surface area contributed by atoms with Crippen LogP contribution < -0.4 is 19.5 Å². The number of ether oxygens (including phenoxy) is 3. The molecule has 1 saturated heterocycles. The second kappa shape index (κ2) is 8.04. The number of rotatable bonds is 4. The normalized spacial score (nSPS) is 21.8. The SMILES string of the molecule is Cc1cc2c(c(OC(C)C)c1)C(=O)N1C[C@@H](Oc3ccc4c(c3)NC(=O)CC4)C[C@H]1CO2. The minimum absolute atomic E-state index is 0.0277.